The summed E-state index contributed by atoms with van der Waals surface area (Å²) in [4.78, 5) is 22.4. The summed E-state index contributed by atoms with van der Waals surface area (Å²) in [5.74, 6) is -2.18. The lowest BCUT2D eigenvalue weighted by molar-refractivity contribution is -0.138. The zero-order valence-corrected chi connectivity index (χ0v) is 8.84. The molecule has 0 amide bonds. The minimum atomic E-state index is -1.44. The van der Waals surface area contributed by atoms with Crippen molar-refractivity contribution in [1.82, 2.24) is 0 Å². The van der Waals surface area contributed by atoms with Crippen LogP contribution in [0.3, 0.4) is 0 Å². The van der Waals surface area contributed by atoms with Gasteiger partial charge in [0, 0.05) is 22.7 Å². The summed E-state index contributed by atoms with van der Waals surface area (Å²) in [5, 5.41) is 8.29. The van der Waals surface area contributed by atoms with Crippen LogP contribution in [0.2, 0.25) is 5.02 Å². The summed E-state index contributed by atoms with van der Waals surface area (Å²) >= 11 is 5.62. The van der Waals surface area contributed by atoms with Crippen molar-refractivity contribution in [3.8, 4) is 0 Å². The zero-order chi connectivity index (χ0) is 14.9. The van der Waals surface area contributed by atoms with Gasteiger partial charge >= 0.3 is 5.97 Å². The van der Waals surface area contributed by atoms with Crippen LogP contribution < -0.4 is 11.5 Å². The van der Waals surface area contributed by atoms with E-state index in [0.29, 0.717) is 0 Å². The Bertz CT molecular complexity index is 536. The number of rotatable bonds is 4. The highest BCUT2D eigenvalue weighted by Gasteiger charge is 2.18. The SMILES string of the molecule is [2H]c1c([2H])c(C(=O)CC(N)C(=O)O)c(N)c([2H])c1Cl. The second kappa shape index (κ2) is 4.96. The predicted octanol–water partition coefficient (Wildman–Crippen LogP) is 0.907. The van der Waals surface area contributed by atoms with Crippen LogP contribution in [0.4, 0.5) is 5.69 Å². The van der Waals surface area contributed by atoms with E-state index in [1.54, 1.807) is 0 Å². The van der Waals surface area contributed by atoms with Gasteiger partial charge in [-0.05, 0) is 18.1 Å². The Morgan fingerprint density at radius 2 is 2.19 bits per heavy atom. The van der Waals surface area contributed by atoms with Crippen LogP contribution in [-0.4, -0.2) is 22.9 Å². The van der Waals surface area contributed by atoms with Gasteiger partial charge in [0.2, 0.25) is 0 Å². The molecule has 86 valence electrons. The van der Waals surface area contributed by atoms with E-state index in [2.05, 4.69) is 0 Å². The third kappa shape index (κ3) is 2.95. The quantitative estimate of drug-likeness (QED) is 0.540. The van der Waals surface area contributed by atoms with Crippen LogP contribution in [0.25, 0.3) is 0 Å². The summed E-state index contributed by atoms with van der Waals surface area (Å²) in [6, 6.07) is -2.92. The largest absolute Gasteiger partial charge is 0.480 e. The minimum Gasteiger partial charge on any atom is -0.480 e. The summed E-state index contributed by atoms with van der Waals surface area (Å²) in [5.41, 5.74) is 9.99. The second-order valence-corrected chi connectivity index (χ2v) is 3.43. The first-order chi connectivity index (χ1) is 8.68. The third-order valence-electron chi connectivity index (χ3n) is 1.81. The predicted molar refractivity (Wildman–Crippen MR) is 60.4 cm³/mol. The van der Waals surface area contributed by atoms with Crippen LogP contribution >= 0.6 is 11.6 Å². The molecule has 1 aromatic carbocycles. The standard InChI is InChI=1S/C10H11ClN2O3/c11-5-1-2-6(7(12)3-5)9(14)4-8(13)10(15)16/h1-3,8H,4,12-13H2,(H,15,16)/i1D,2D,3D. The minimum absolute atomic E-state index is 0.332. The molecule has 0 bridgehead atoms. The Balaban J connectivity index is 3.28. The molecule has 0 radical (unpaired) electrons. The van der Waals surface area contributed by atoms with Gasteiger partial charge in [-0.2, -0.15) is 0 Å². The van der Waals surface area contributed by atoms with Gasteiger partial charge in [0.1, 0.15) is 6.04 Å². The van der Waals surface area contributed by atoms with E-state index in [0.717, 1.165) is 0 Å². The number of carboxylic acid groups (broad SMARTS) is 1. The molecule has 0 aliphatic heterocycles. The second-order valence-electron chi connectivity index (χ2n) is 3.05. The first kappa shape index (κ1) is 8.55. The Labute approximate surface area is 101 Å². The van der Waals surface area contributed by atoms with Gasteiger partial charge in [0.05, 0.1) is 4.11 Å². The first-order valence-corrected chi connectivity index (χ1v) is 4.62. The lowest BCUT2D eigenvalue weighted by atomic mass is 10.0. The maximum atomic E-state index is 11.9. The van der Waals surface area contributed by atoms with E-state index in [4.69, 9.17) is 32.3 Å². The number of hydrogen-bond donors (Lipinski definition) is 3. The van der Waals surface area contributed by atoms with Crippen molar-refractivity contribution in [1.29, 1.82) is 0 Å². The van der Waals surface area contributed by atoms with Crippen LogP contribution in [0, 0.1) is 0 Å². The number of ketones is 1. The third-order valence-corrected chi connectivity index (χ3v) is 2.00. The monoisotopic (exact) mass is 245 g/mol. The van der Waals surface area contributed by atoms with Gasteiger partial charge in [-0.25, -0.2) is 0 Å². The van der Waals surface area contributed by atoms with Gasteiger partial charge in [0.25, 0.3) is 0 Å². The van der Waals surface area contributed by atoms with Crippen molar-refractivity contribution in [3.05, 3.63) is 28.7 Å². The highest BCUT2D eigenvalue weighted by Crippen LogP contribution is 2.19. The normalized spacial score (nSPS) is 14.8. The first-order valence-electron chi connectivity index (χ1n) is 5.74. The van der Waals surface area contributed by atoms with Gasteiger partial charge in [-0.1, -0.05) is 11.6 Å². The molecule has 1 unspecified atom stereocenters. The van der Waals surface area contributed by atoms with E-state index in [9.17, 15) is 9.59 Å². The average Bonchev–Trinajstić information content (AvgIpc) is 2.34. The Kier molecular flexibility index (Phi) is 2.65. The van der Waals surface area contributed by atoms with Crippen LogP contribution in [0.15, 0.2) is 18.1 Å². The molecule has 16 heavy (non-hydrogen) atoms. The molecule has 0 aliphatic rings. The molecule has 0 spiro atoms. The molecular weight excluding hydrogens is 232 g/mol. The number of Topliss-reactive ketones (excluding diaryl/α,β-unsaturated/α-hetero) is 1. The van der Waals surface area contributed by atoms with E-state index in [1.165, 1.54) is 0 Å². The molecular formula is C10H11ClN2O3. The zero-order valence-electron chi connectivity index (χ0n) is 11.1. The highest BCUT2D eigenvalue weighted by atomic mass is 35.5. The van der Waals surface area contributed by atoms with Crippen LogP contribution in [0.1, 0.15) is 20.9 Å². The molecule has 1 rings (SSSR count). The Hall–Kier alpha value is -1.59. The number of halogens is 1. The van der Waals surface area contributed by atoms with E-state index in [1.807, 2.05) is 0 Å². The lowest BCUT2D eigenvalue weighted by Gasteiger charge is -2.07. The number of anilines is 1. The topological polar surface area (TPSA) is 106 Å². The molecule has 0 aliphatic carbocycles. The van der Waals surface area contributed by atoms with Crippen molar-refractivity contribution < 1.29 is 18.8 Å². The molecule has 0 saturated carbocycles. The van der Waals surface area contributed by atoms with Gasteiger partial charge in [-0.3, -0.25) is 9.59 Å². The van der Waals surface area contributed by atoms with Gasteiger partial charge < -0.3 is 16.6 Å². The molecule has 1 atom stereocenters. The summed E-state index contributed by atoms with van der Waals surface area (Å²) < 4.78 is 22.6. The summed E-state index contributed by atoms with van der Waals surface area (Å²) in [7, 11) is 0. The van der Waals surface area contributed by atoms with E-state index >= 15 is 0 Å². The summed E-state index contributed by atoms with van der Waals surface area (Å²) in [6.07, 6.45) is -0.577. The van der Waals surface area contributed by atoms with Crippen molar-refractivity contribution >= 4 is 29.0 Å². The Morgan fingerprint density at radius 1 is 1.56 bits per heavy atom. The fraction of sp³-hybridized carbons (Fsp3) is 0.200. The van der Waals surface area contributed by atoms with E-state index in [-0.39, 0.29) is 10.7 Å². The maximum Gasteiger partial charge on any atom is 0.320 e. The summed E-state index contributed by atoms with van der Waals surface area (Å²) in [6.45, 7) is 0. The number of benzene rings is 1. The number of hydrogen-bond acceptors (Lipinski definition) is 4. The molecule has 0 aromatic heterocycles. The molecule has 0 saturated heterocycles. The fourth-order valence-electron chi connectivity index (χ4n) is 1.01. The van der Waals surface area contributed by atoms with E-state index < -0.39 is 47.9 Å². The lowest BCUT2D eigenvalue weighted by Crippen LogP contribution is -2.32. The average molecular weight is 246 g/mol. The molecule has 6 heteroatoms. The van der Waals surface area contributed by atoms with Gasteiger partial charge in [-0.15, -0.1) is 0 Å². The van der Waals surface area contributed by atoms with Crippen LogP contribution in [-0.2, 0) is 4.79 Å². The number of carbonyl (C=O) groups excluding carboxylic acids is 1. The highest BCUT2D eigenvalue weighted by molar-refractivity contribution is 6.31. The van der Waals surface area contributed by atoms with Crippen molar-refractivity contribution in [3.63, 3.8) is 0 Å². The number of nitrogen functional groups attached to an aromatic ring is 1. The van der Waals surface area contributed by atoms with Crippen molar-refractivity contribution in [2.75, 3.05) is 5.73 Å². The van der Waals surface area contributed by atoms with Gasteiger partial charge in [0.15, 0.2) is 5.78 Å². The number of carboxylic acids is 1. The van der Waals surface area contributed by atoms with Crippen molar-refractivity contribution in [2.24, 2.45) is 5.73 Å². The number of carbonyl (C=O) groups is 2. The van der Waals surface area contributed by atoms with Crippen LogP contribution in [0.5, 0.6) is 0 Å². The maximum absolute atomic E-state index is 11.9. The smallest absolute Gasteiger partial charge is 0.320 e. The Morgan fingerprint density at radius 3 is 2.75 bits per heavy atom. The molecule has 5 N–H and O–H groups in total. The molecule has 5 nitrogen and oxygen atoms in total. The molecule has 0 fully saturated rings. The molecule has 1 aromatic rings. The molecule has 0 heterocycles. The number of nitrogens with two attached hydrogens (primary N) is 2. The number of aliphatic carboxylic acids is 1. The van der Waals surface area contributed by atoms with Crippen molar-refractivity contribution in [2.45, 2.75) is 12.5 Å². The fourth-order valence-corrected chi connectivity index (χ4v) is 1.15.